The molecule has 1 N–H and O–H groups in total. The van der Waals surface area contributed by atoms with E-state index in [4.69, 9.17) is 14.7 Å². The molecule has 0 fully saturated rings. The lowest BCUT2D eigenvalue weighted by molar-refractivity contribution is 0.0951. The van der Waals surface area contributed by atoms with E-state index in [0.717, 1.165) is 49.4 Å². The molecule has 164 valence electrons. The summed E-state index contributed by atoms with van der Waals surface area (Å²) in [7, 11) is 1.63. The van der Waals surface area contributed by atoms with Gasteiger partial charge in [0.05, 0.1) is 29.2 Å². The molecule has 6 rings (SSSR count). The Labute approximate surface area is 196 Å². The zero-order chi connectivity index (χ0) is 23.1. The number of nitrogens with zero attached hydrogens (tertiary/aromatic N) is 2. The Bertz CT molecular complexity index is 1710. The maximum Gasteiger partial charge on any atom is 0.251 e. The average Bonchev–Trinajstić information content (AvgIpc) is 2.91. The number of aromatic nitrogens is 2. The van der Waals surface area contributed by atoms with Gasteiger partial charge in [-0.25, -0.2) is 9.97 Å². The van der Waals surface area contributed by atoms with E-state index >= 15 is 0 Å². The van der Waals surface area contributed by atoms with E-state index < -0.39 is 0 Å². The number of methoxy groups -OCH3 is 1. The van der Waals surface area contributed by atoms with Gasteiger partial charge in [-0.15, -0.1) is 0 Å². The minimum atomic E-state index is -0.150. The zero-order valence-corrected chi connectivity index (χ0v) is 18.6. The summed E-state index contributed by atoms with van der Waals surface area (Å²) in [6.45, 7) is 0.431. The van der Waals surface area contributed by atoms with Crippen LogP contribution < -0.4 is 10.1 Å². The highest BCUT2D eigenvalue weighted by atomic mass is 16.5. The van der Waals surface area contributed by atoms with E-state index in [-0.39, 0.29) is 5.91 Å². The summed E-state index contributed by atoms with van der Waals surface area (Å²) in [5, 5.41) is 7.42. The highest BCUT2D eigenvalue weighted by Crippen LogP contribution is 2.34. The monoisotopic (exact) mass is 443 g/mol. The fourth-order valence-corrected chi connectivity index (χ4v) is 4.45. The normalized spacial score (nSPS) is 11.3. The molecule has 5 aromatic carbocycles. The van der Waals surface area contributed by atoms with Gasteiger partial charge < -0.3 is 10.1 Å². The topological polar surface area (TPSA) is 64.1 Å². The molecule has 0 bridgehead atoms. The van der Waals surface area contributed by atoms with Gasteiger partial charge in [0.15, 0.2) is 0 Å². The fraction of sp³-hybridized carbons (Fsp3) is 0.0690. The van der Waals surface area contributed by atoms with E-state index in [1.165, 1.54) is 0 Å². The van der Waals surface area contributed by atoms with Crippen LogP contribution >= 0.6 is 0 Å². The number of fused-ring (bicyclic) bond motifs is 7. The van der Waals surface area contributed by atoms with Crippen LogP contribution in [0, 0.1) is 0 Å². The Morgan fingerprint density at radius 3 is 1.94 bits per heavy atom. The van der Waals surface area contributed by atoms with Crippen molar-refractivity contribution in [2.45, 2.75) is 6.54 Å². The van der Waals surface area contributed by atoms with Gasteiger partial charge in [0.25, 0.3) is 5.91 Å². The first kappa shape index (κ1) is 20.1. The SMILES string of the molecule is COc1ccc(CNC(=O)c2ccc3nc4c5ccccc5c5ccccc5c4nc3c2)cc1. The standard InChI is InChI=1S/C29H21N3O2/c1-34-20-13-10-18(11-14-20)17-30-29(33)19-12-15-25-26(16-19)32-28-24-9-5-3-7-22(24)21-6-2-4-8-23(21)27(28)31-25/h2-16H,17H2,1H3,(H,30,33). The van der Waals surface area contributed by atoms with E-state index in [1.807, 2.05) is 60.7 Å². The molecule has 5 nitrogen and oxygen atoms in total. The van der Waals surface area contributed by atoms with Gasteiger partial charge in [-0.2, -0.15) is 0 Å². The molecule has 0 radical (unpaired) electrons. The smallest absolute Gasteiger partial charge is 0.251 e. The Kier molecular flexibility index (Phi) is 4.81. The van der Waals surface area contributed by atoms with Gasteiger partial charge in [-0.1, -0.05) is 60.7 Å². The van der Waals surface area contributed by atoms with Crippen molar-refractivity contribution < 1.29 is 9.53 Å². The lowest BCUT2D eigenvalue weighted by atomic mass is 9.99. The molecule has 0 unspecified atom stereocenters. The molecular formula is C29H21N3O2. The number of nitrogens with one attached hydrogen (secondary N) is 1. The Hall–Kier alpha value is -4.51. The number of hydrogen-bond acceptors (Lipinski definition) is 4. The summed E-state index contributed by atoms with van der Waals surface area (Å²) in [5.41, 5.74) is 4.74. The van der Waals surface area contributed by atoms with Gasteiger partial charge in [-0.3, -0.25) is 4.79 Å². The first-order chi connectivity index (χ1) is 16.7. The molecular weight excluding hydrogens is 422 g/mol. The van der Waals surface area contributed by atoms with Crippen LogP contribution in [-0.4, -0.2) is 23.0 Å². The average molecular weight is 444 g/mol. The van der Waals surface area contributed by atoms with E-state index in [9.17, 15) is 4.79 Å². The minimum absolute atomic E-state index is 0.150. The van der Waals surface area contributed by atoms with Crippen LogP contribution in [0.25, 0.3) is 43.6 Å². The van der Waals surface area contributed by atoms with Crippen molar-refractivity contribution in [1.82, 2.24) is 15.3 Å². The van der Waals surface area contributed by atoms with E-state index in [1.54, 1.807) is 13.2 Å². The summed E-state index contributed by atoms with van der Waals surface area (Å²) in [6, 6.07) is 29.7. The molecule has 6 aromatic rings. The number of carbonyl (C=O) groups is 1. The summed E-state index contributed by atoms with van der Waals surface area (Å²) in [5.74, 6) is 0.638. The largest absolute Gasteiger partial charge is 0.497 e. The molecule has 1 aromatic heterocycles. The highest BCUT2D eigenvalue weighted by Gasteiger charge is 2.13. The van der Waals surface area contributed by atoms with Crippen LogP contribution in [0.5, 0.6) is 5.75 Å². The lowest BCUT2D eigenvalue weighted by Crippen LogP contribution is -2.22. The molecule has 0 aliphatic rings. The van der Waals surface area contributed by atoms with Gasteiger partial charge >= 0.3 is 0 Å². The molecule has 0 spiro atoms. The van der Waals surface area contributed by atoms with Crippen molar-refractivity contribution >= 4 is 49.5 Å². The summed E-state index contributed by atoms with van der Waals surface area (Å²) in [4.78, 5) is 22.8. The number of ether oxygens (including phenoxy) is 1. The van der Waals surface area contributed by atoms with Crippen molar-refractivity contribution in [1.29, 1.82) is 0 Å². The third-order valence-electron chi connectivity index (χ3n) is 6.19. The number of amides is 1. The molecule has 34 heavy (non-hydrogen) atoms. The van der Waals surface area contributed by atoms with Crippen molar-refractivity contribution in [2.75, 3.05) is 7.11 Å². The number of benzene rings is 5. The van der Waals surface area contributed by atoms with Gasteiger partial charge in [-0.05, 0) is 46.7 Å². The van der Waals surface area contributed by atoms with Crippen LogP contribution in [0.1, 0.15) is 15.9 Å². The Morgan fingerprint density at radius 2 is 1.32 bits per heavy atom. The number of rotatable bonds is 4. The van der Waals surface area contributed by atoms with Crippen LogP contribution in [0.4, 0.5) is 0 Å². The van der Waals surface area contributed by atoms with Gasteiger partial charge in [0.2, 0.25) is 0 Å². The first-order valence-corrected chi connectivity index (χ1v) is 11.1. The molecule has 1 amide bonds. The molecule has 0 aliphatic carbocycles. The molecule has 5 heteroatoms. The van der Waals surface area contributed by atoms with Crippen LogP contribution in [-0.2, 0) is 6.54 Å². The van der Waals surface area contributed by atoms with Gasteiger partial charge in [0, 0.05) is 22.9 Å². The van der Waals surface area contributed by atoms with Crippen LogP contribution in [0.15, 0.2) is 91.0 Å². The van der Waals surface area contributed by atoms with Crippen LogP contribution in [0.3, 0.4) is 0 Å². The van der Waals surface area contributed by atoms with Crippen molar-refractivity contribution in [2.24, 2.45) is 0 Å². The third kappa shape index (κ3) is 3.39. The summed E-state index contributed by atoms with van der Waals surface area (Å²) < 4.78 is 5.19. The predicted octanol–water partition coefficient (Wildman–Crippen LogP) is 6.03. The first-order valence-electron chi connectivity index (χ1n) is 11.1. The number of carbonyl (C=O) groups excluding carboxylic acids is 1. The Morgan fingerprint density at radius 1 is 0.735 bits per heavy atom. The van der Waals surface area contributed by atoms with Crippen molar-refractivity contribution in [3.05, 3.63) is 102 Å². The third-order valence-corrected chi connectivity index (χ3v) is 6.19. The zero-order valence-electron chi connectivity index (χ0n) is 18.6. The second kappa shape index (κ2) is 8.12. The minimum Gasteiger partial charge on any atom is -0.497 e. The molecule has 0 saturated carbocycles. The van der Waals surface area contributed by atoms with Crippen molar-refractivity contribution in [3.63, 3.8) is 0 Å². The molecule has 0 aliphatic heterocycles. The number of hydrogen-bond donors (Lipinski definition) is 1. The molecule has 0 atom stereocenters. The van der Waals surface area contributed by atoms with Crippen LogP contribution in [0.2, 0.25) is 0 Å². The van der Waals surface area contributed by atoms with E-state index in [2.05, 4.69) is 29.6 Å². The molecule has 1 heterocycles. The fourth-order valence-electron chi connectivity index (χ4n) is 4.45. The quantitative estimate of drug-likeness (QED) is 0.267. The predicted molar refractivity (Wildman–Crippen MR) is 136 cm³/mol. The lowest BCUT2D eigenvalue weighted by Gasteiger charge is -2.11. The second-order valence-corrected chi connectivity index (χ2v) is 8.25. The van der Waals surface area contributed by atoms with Crippen molar-refractivity contribution in [3.8, 4) is 5.75 Å². The van der Waals surface area contributed by atoms with E-state index in [0.29, 0.717) is 17.6 Å². The maximum absolute atomic E-state index is 12.9. The van der Waals surface area contributed by atoms with Gasteiger partial charge in [0.1, 0.15) is 5.75 Å². The highest BCUT2D eigenvalue weighted by molar-refractivity contribution is 6.23. The maximum atomic E-state index is 12.9. The Balaban J connectivity index is 1.41. The summed E-state index contributed by atoms with van der Waals surface area (Å²) >= 11 is 0. The molecule has 0 saturated heterocycles. The second-order valence-electron chi connectivity index (χ2n) is 8.25. The summed E-state index contributed by atoms with van der Waals surface area (Å²) in [6.07, 6.45) is 0.